The number of nitriles is 1. The molecule has 1 amide bonds. The van der Waals surface area contributed by atoms with Crippen LogP contribution in [-0.4, -0.2) is 51.7 Å². The number of rotatable bonds is 1. The molecule has 2 aromatic rings. The molecule has 1 aliphatic rings. The molecule has 0 N–H and O–H groups in total. The minimum absolute atomic E-state index is 0.0345. The van der Waals surface area contributed by atoms with Crippen LogP contribution >= 0.6 is 0 Å². The van der Waals surface area contributed by atoms with Gasteiger partial charge in [0, 0.05) is 30.9 Å². The third-order valence-electron chi connectivity index (χ3n) is 4.54. The lowest BCUT2D eigenvalue weighted by molar-refractivity contribution is 0.00563. The number of anilines is 1. The average molecular weight is 367 g/mol. The number of amides is 1. The lowest BCUT2D eigenvalue weighted by atomic mass is 10.1. The number of carbonyl (C=O) groups is 1. The molecular formula is C20H25N5O2. The van der Waals surface area contributed by atoms with Gasteiger partial charge in [0.15, 0.2) is 0 Å². The summed E-state index contributed by atoms with van der Waals surface area (Å²) < 4.78 is 5.57. The fraction of sp³-hybridized carbons (Fsp3) is 0.500. The number of hydrogen-bond donors (Lipinski definition) is 0. The van der Waals surface area contributed by atoms with Gasteiger partial charge in [-0.05, 0) is 46.8 Å². The molecule has 142 valence electrons. The number of fused-ring (bicyclic) bond motifs is 1. The number of nitrogens with zero attached hydrogens (tertiary/aromatic N) is 5. The molecule has 27 heavy (non-hydrogen) atoms. The van der Waals surface area contributed by atoms with E-state index in [9.17, 15) is 10.1 Å². The number of pyridine rings is 2. The standard InChI is InChI=1S/C20H25N5O2/c1-13-11-24(12-14(2)25(13)19(26)27-20(3,4)5)18-16-8-15(9-21)10-23-17(16)6-7-22-18/h6-8,10,13-14H,11-12H2,1-5H3/t13-,14+. The van der Waals surface area contributed by atoms with Gasteiger partial charge in [0.2, 0.25) is 0 Å². The van der Waals surface area contributed by atoms with E-state index in [0.717, 1.165) is 16.7 Å². The maximum absolute atomic E-state index is 12.6. The molecule has 0 unspecified atom stereocenters. The van der Waals surface area contributed by atoms with E-state index >= 15 is 0 Å². The Morgan fingerprint density at radius 1 is 1.26 bits per heavy atom. The van der Waals surface area contributed by atoms with E-state index in [-0.39, 0.29) is 18.2 Å². The van der Waals surface area contributed by atoms with Crippen molar-refractivity contribution in [2.24, 2.45) is 0 Å². The first-order chi connectivity index (χ1) is 12.7. The van der Waals surface area contributed by atoms with Gasteiger partial charge in [0.05, 0.1) is 23.2 Å². The molecule has 3 rings (SSSR count). The molecule has 0 aliphatic carbocycles. The van der Waals surface area contributed by atoms with Crippen LogP contribution in [0, 0.1) is 11.3 Å². The number of ether oxygens (including phenoxy) is 1. The minimum Gasteiger partial charge on any atom is -0.444 e. The van der Waals surface area contributed by atoms with Crippen LogP contribution in [0.25, 0.3) is 10.9 Å². The summed E-state index contributed by atoms with van der Waals surface area (Å²) in [5.74, 6) is 0.791. The predicted molar refractivity (Wildman–Crippen MR) is 103 cm³/mol. The molecule has 0 radical (unpaired) electrons. The van der Waals surface area contributed by atoms with Gasteiger partial charge in [-0.25, -0.2) is 9.78 Å². The van der Waals surface area contributed by atoms with Gasteiger partial charge < -0.3 is 9.64 Å². The minimum atomic E-state index is -0.524. The van der Waals surface area contributed by atoms with Crippen molar-refractivity contribution in [3.05, 3.63) is 30.1 Å². The Balaban J connectivity index is 1.88. The van der Waals surface area contributed by atoms with Gasteiger partial charge >= 0.3 is 6.09 Å². The summed E-state index contributed by atoms with van der Waals surface area (Å²) in [6.07, 6.45) is 3.01. The molecule has 7 heteroatoms. The van der Waals surface area contributed by atoms with E-state index in [0.29, 0.717) is 18.7 Å². The first-order valence-corrected chi connectivity index (χ1v) is 9.10. The van der Waals surface area contributed by atoms with E-state index < -0.39 is 5.60 Å². The highest BCUT2D eigenvalue weighted by Gasteiger charge is 2.36. The zero-order valence-corrected chi connectivity index (χ0v) is 16.4. The van der Waals surface area contributed by atoms with Crippen LogP contribution in [0.5, 0.6) is 0 Å². The highest BCUT2D eigenvalue weighted by Crippen LogP contribution is 2.28. The van der Waals surface area contributed by atoms with Crippen LogP contribution < -0.4 is 4.90 Å². The third-order valence-corrected chi connectivity index (χ3v) is 4.54. The summed E-state index contributed by atoms with van der Waals surface area (Å²) in [6, 6.07) is 5.72. The normalized spacial score (nSPS) is 20.4. The molecule has 1 fully saturated rings. The highest BCUT2D eigenvalue weighted by molar-refractivity contribution is 5.90. The van der Waals surface area contributed by atoms with E-state index in [4.69, 9.17) is 4.74 Å². The molecule has 1 aliphatic heterocycles. The second-order valence-electron chi connectivity index (χ2n) is 8.03. The molecule has 0 aromatic carbocycles. The Labute approximate surface area is 159 Å². The Bertz CT molecular complexity index is 887. The summed E-state index contributed by atoms with van der Waals surface area (Å²) in [6.45, 7) is 10.9. The second kappa shape index (κ2) is 7.03. The zero-order valence-electron chi connectivity index (χ0n) is 16.4. The van der Waals surface area contributed by atoms with Gasteiger partial charge in [0.25, 0.3) is 0 Å². The average Bonchev–Trinajstić information content (AvgIpc) is 2.58. The number of carbonyl (C=O) groups excluding carboxylic acids is 1. The van der Waals surface area contributed by atoms with Crippen molar-refractivity contribution in [2.75, 3.05) is 18.0 Å². The fourth-order valence-corrected chi connectivity index (χ4v) is 3.52. The maximum Gasteiger partial charge on any atom is 0.410 e. The van der Waals surface area contributed by atoms with Gasteiger partial charge in [-0.3, -0.25) is 9.88 Å². The van der Waals surface area contributed by atoms with Crippen LogP contribution in [0.3, 0.4) is 0 Å². The van der Waals surface area contributed by atoms with E-state index in [1.807, 2.05) is 46.8 Å². The van der Waals surface area contributed by atoms with Crippen LogP contribution in [0.2, 0.25) is 0 Å². The molecule has 2 atom stereocenters. The van der Waals surface area contributed by atoms with Crippen LogP contribution in [0.15, 0.2) is 24.5 Å². The summed E-state index contributed by atoms with van der Waals surface area (Å²) >= 11 is 0. The van der Waals surface area contributed by atoms with E-state index in [1.54, 1.807) is 17.3 Å². The van der Waals surface area contributed by atoms with Crippen molar-refractivity contribution in [1.29, 1.82) is 5.26 Å². The molecule has 0 saturated carbocycles. The van der Waals surface area contributed by atoms with Crippen molar-refractivity contribution in [3.8, 4) is 6.07 Å². The molecule has 0 bridgehead atoms. The monoisotopic (exact) mass is 367 g/mol. The molecule has 3 heterocycles. The van der Waals surface area contributed by atoms with Gasteiger partial charge in [-0.1, -0.05) is 0 Å². The van der Waals surface area contributed by atoms with Crippen molar-refractivity contribution >= 4 is 22.8 Å². The largest absolute Gasteiger partial charge is 0.444 e. The smallest absolute Gasteiger partial charge is 0.410 e. The molecule has 2 aromatic heterocycles. The Morgan fingerprint density at radius 3 is 2.52 bits per heavy atom. The predicted octanol–water partition coefficient (Wildman–Crippen LogP) is 3.34. The summed E-state index contributed by atoms with van der Waals surface area (Å²) in [5.41, 5.74) is 0.781. The fourth-order valence-electron chi connectivity index (χ4n) is 3.52. The van der Waals surface area contributed by atoms with E-state index in [1.165, 1.54) is 0 Å². The number of aromatic nitrogens is 2. The van der Waals surface area contributed by atoms with Crippen molar-refractivity contribution in [3.63, 3.8) is 0 Å². The van der Waals surface area contributed by atoms with Crippen LogP contribution in [0.4, 0.5) is 10.6 Å². The molecule has 7 nitrogen and oxygen atoms in total. The SMILES string of the molecule is C[C@@H]1CN(c2nccc3ncc(C#N)cc23)C[C@H](C)N1C(=O)OC(C)(C)C. The summed E-state index contributed by atoms with van der Waals surface area (Å²) in [7, 11) is 0. The Morgan fingerprint density at radius 2 is 1.93 bits per heavy atom. The topological polar surface area (TPSA) is 82.4 Å². The molecule has 1 saturated heterocycles. The van der Waals surface area contributed by atoms with E-state index in [2.05, 4.69) is 20.9 Å². The van der Waals surface area contributed by atoms with Crippen molar-refractivity contribution < 1.29 is 9.53 Å². The molecule has 0 spiro atoms. The van der Waals surface area contributed by atoms with Crippen LogP contribution in [-0.2, 0) is 4.74 Å². The lowest BCUT2D eigenvalue weighted by Crippen LogP contribution is -2.59. The van der Waals surface area contributed by atoms with Gasteiger partial charge in [-0.15, -0.1) is 0 Å². The quantitative estimate of drug-likeness (QED) is 0.769. The zero-order chi connectivity index (χ0) is 19.8. The van der Waals surface area contributed by atoms with Crippen LogP contribution in [0.1, 0.15) is 40.2 Å². The lowest BCUT2D eigenvalue weighted by Gasteiger charge is -2.45. The van der Waals surface area contributed by atoms with Crippen molar-refractivity contribution in [1.82, 2.24) is 14.9 Å². The summed E-state index contributed by atoms with van der Waals surface area (Å²) in [5, 5.41) is 10.0. The molecular weight excluding hydrogens is 342 g/mol. The maximum atomic E-state index is 12.6. The number of piperazine rings is 1. The Hall–Kier alpha value is -2.88. The highest BCUT2D eigenvalue weighted by atomic mass is 16.6. The summed E-state index contributed by atoms with van der Waals surface area (Å²) in [4.78, 5) is 25.5. The number of hydrogen-bond acceptors (Lipinski definition) is 6. The first-order valence-electron chi connectivity index (χ1n) is 9.10. The van der Waals surface area contributed by atoms with Gasteiger partial charge in [-0.2, -0.15) is 5.26 Å². The Kier molecular flexibility index (Phi) is 4.92. The first kappa shape index (κ1) is 18.9. The van der Waals surface area contributed by atoms with Gasteiger partial charge in [0.1, 0.15) is 17.5 Å². The third kappa shape index (κ3) is 3.95. The van der Waals surface area contributed by atoms with Crippen molar-refractivity contribution in [2.45, 2.75) is 52.3 Å². The second-order valence-corrected chi connectivity index (χ2v) is 8.03.